The van der Waals surface area contributed by atoms with Crippen LogP contribution >= 0.6 is 0 Å². The van der Waals surface area contributed by atoms with E-state index in [0.29, 0.717) is 11.7 Å². The molecule has 1 fully saturated rings. The fraction of sp³-hybridized carbons (Fsp3) is 0.727. The molecule has 80 valence electrons. The Bertz CT molecular complexity index is 406. The molecule has 4 heteroatoms. The molecule has 0 radical (unpaired) electrons. The van der Waals surface area contributed by atoms with Crippen LogP contribution in [0, 0.1) is 5.92 Å². The van der Waals surface area contributed by atoms with Crippen molar-refractivity contribution in [2.24, 2.45) is 5.92 Å². The van der Waals surface area contributed by atoms with Gasteiger partial charge >= 0.3 is 0 Å². The number of hydrogen-bond donors (Lipinski definition) is 0. The van der Waals surface area contributed by atoms with Crippen LogP contribution in [-0.2, 0) is 17.8 Å². The van der Waals surface area contributed by atoms with E-state index in [9.17, 15) is 4.79 Å². The number of carbonyl (C=O) groups is 1. The summed E-state index contributed by atoms with van der Waals surface area (Å²) in [5.74, 6) is 3.31. The number of fused-ring (bicyclic) bond motifs is 1. The van der Waals surface area contributed by atoms with E-state index >= 15 is 0 Å². The summed E-state index contributed by atoms with van der Waals surface area (Å²) in [5.41, 5.74) is 0. The standard InChI is InChI=1S/C11H15N3O/c1-7(15)9-4-5-10-12-13-11(8-2-3-8)14(10)6-9/h8-9H,2-6H2,1H3. The molecule has 1 unspecified atom stereocenters. The van der Waals surface area contributed by atoms with Crippen LogP contribution in [0.3, 0.4) is 0 Å². The summed E-state index contributed by atoms with van der Waals surface area (Å²) >= 11 is 0. The first-order valence-corrected chi connectivity index (χ1v) is 5.68. The first kappa shape index (κ1) is 9.07. The highest BCUT2D eigenvalue weighted by atomic mass is 16.1. The number of Topliss-reactive ketones (excluding diaryl/α,β-unsaturated/α-hetero) is 1. The molecule has 1 saturated carbocycles. The number of aryl methyl sites for hydroxylation is 1. The predicted octanol–water partition coefficient (Wildman–Crippen LogP) is 1.31. The van der Waals surface area contributed by atoms with Gasteiger partial charge in [-0.3, -0.25) is 4.79 Å². The summed E-state index contributed by atoms with van der Waals surface area (Å²) in [6, 6.07) is 0. The Morgan fingerprint density at radius 2 is 2.13 bits per heavy atom. The maximum Gasteiger partial charge on any atom is 0.136 e. The number of nitrogens with zero attached hydrogens (tertiary/aromatic N) is 3. The monoisotopic (exact) mass is 205 g/mol. The molecule has 0 amide bonds. The van der Waals surface area contributed by atoms with E-state index in [2.05, 4.69) is 14.8 Å². The van der Waals surface area contributed by atoms with E-state index in [4.69, 9.17) is 0 Å². The first-order chi connectivity index (χ1) is 7.25. The van der Waals surface area contributed by atoms with E-state index in [0.717, 1.165) is 31.0 Å². The molecule has 0 N–H and O–H groups in total. The number of rotatable bonds is 2. The third-order valence-electron chi connectivity index (χ3n) is 3.49. The average Bonchev–Trinajstić information content (AvgIpc) is 2.98. The van der Waals surface area contributed by atoms with Gasteiger partial charge in [-0.25, -0.2) is 0 Å². The number of hydrogen-bond acceptors (Lipinski definition) is 3. The normalized spacial score (nSPS) is 25.0. The van der Waals surface area contributed by atoms with E-state index in [1.54, 1.807) is 6.92 Å². The molecule has 4 nitrogen and oxygen atoms in total. The minimum absolute atomic E-state index is 0.186. The summed E-state index contributed by atoms with van der Waals surface area (Å²) in [6.07, 6.45) is 4.33. The second-order valence-electron chi connectivity index (χ2n) is 4.71. The van der Waals surface area contributed by atoms with E-state index < -0.39 is 0 Å². The Labute approximate surface area is 88.7 Å². The topological polar surface area (TPSA) is 47.8 Å². The first-order valence-electron chi connectivity index (χ1n) is 5.68. The molecular weight excluding hydrogens is 190 g/mol. The Hall–Kier alpha value is -1.19. The molecule has 1 aliphatic carbocycles. The largest absolute Gasteiger partial charge is 0.314 e. The molecule has 2 aliphatic rings. The Balaban J connectivity index is 1.91. The molecule has 0 bridgehead atoms. The van der Waals surface area contributed by atoms with Crippen LogP contribution in [0.15, 0.2) is 0 Å². The van der Waals surface area contributed by atoms with Gasteiger partial charge in [0, 0.05) is 24.8 Å². The van der Waals surface area contributed by atoms with Gasteiger partial charge in [-0.1, -0.05) is 0 Å². The van der Waals surface area contributed by atoms with Crippen molar-refractivity contribution < 1.29 is 4.79 Å². The lowest BCUT2D eigenvalue weighted by Crippen LogP contribution is -2.26. The van der Waals surface area contributed by atoms with Crippen molar-refractivity contribution in [2.75, 3.05) is 0 Å². The molecule has 1 aliphatic heterocycles. The van der Waals surface area contributed by atoms with Crippen LogP contribution in [0.4, 0.5) is 0 Å². The third-order valence-corrected chi connectivity index (χ3v) is 3.49. The quantitative estimate of drug-likeness (QED) is 0.731. The lowest BCUT2D eigenvalue weighted by Gasteiger charge is -2.22. The maximum absolute atomic E-state index is 11.4. The third kappa shape index (κ3) is 1.48. The summed E-state index contributed by atoms with van der Waals surface area (Å²) in [5, 5.41) is 8.47. The van der Waals surface area contributed by atoms with Gasteiger partial charge in [-0.05, 0) is 26.2 Å². The van der Waals surface area contributed by atoms with Crippen molar-refractivity contribution in [1.29, 1.82) is 0 Å². The van der Waals surface area contributed by atoms with E-state index in [1.807, 2.05) is 0 Å². The summed E-state index contributed by atoms with van der Waals surface area (Å²) < 4.78 is 2.19. The highest BCUT2D eigenvalue weighted by Gasteiger charge is 2.33. The fourth-order valence-corrected chi connectivity index (χ4v) is 2.32. The van der Waals surface area contributed by atoms with Crippen LogP contribution < -0.4 is 0 Å². The Morgan fingerprint density at radius 3 is 2.80 bits per heavy atom. The minimum atomic E-state index is 0.186. The molecule has 1 aromatic heterocycles. The zero-order valence-corrected chi connectivity index (χ0v) is 8.94. The van der Waals surface area contributed by atoms with Gasteiger partial charge in [0.1, 0.15) is 17.4 Å². The molecule has 0 spiro atoms. The SMILES string of the molecule is CC(=O)C1CCc2nnc(C3CC3)n2C1. The van der Waals surface area contributed by atoms with Crippen molar-refractivity contribution in [3.63, 3.8) is 0 Å². The van der Waals surface area contributed by atoms with Gasteiger partial charge in [0.15, 0.2) is 0 Å². The Morgan fingerprint density at radius 1 is 1.33 bits per heavy atom. The van der Waals surface area contributed by atoms with Gasteiger partial charge < -0.3 is 4.57 Å². The van der Waals surface area contributed by atoms with Crippen molar-refractivity contribution in [3.05, 3.63) is 11.6 Å². The van der Waals surface area contributed by atoms with Gasteiger partial charge in [-0.15, -0.1) is 10.2 Å². The predicted molar refractivity (Wildman–Crippen MR) is 54.5 cm³/mol. The average molecular weight is 205 g/mol. The van der Waals surface area contributed by atoms with Gasteiger partial charge in [0.05, 0.1) is 0 Å². The number of carbonyl (C=O) groups excluding carboxylic acids is 1. The lowest BCUT2D eigenvalue weighted by atomic mass is 9.95. The molecule has 2 heterocycles. The van der Waals surface area contributed by atoms with E-state index in [1.165, 1.54) is 12.8 Å². The van der Waals surface area contributed by atoms with Gasteiger partial charge in [0.2, 0.25) is 0 Å². The van der Waals surface area contributed by atoms with Crippen molar-refractivity contribution >= 4 is 5.78 Å². The van der Waals surface area contributed by atoms with Crippen molar-refractivity contribution in [2.45, 2.75) is 45.1 Å². The van der Waals surface area contributed by atoms with Crippen LogP contribution in [0.2, 0.25) is 0 Å². The highest BCUT2D eigenvalue weighted by molar-refractivity contribution is 5.78. The summed E-state index contributed by atoms with van der Waals surface area (Å²) in [4.78, 5) is 11.4. The molecule has 1 aromatic rings. The van der Waals surface area contributed by atoms with E-state index in [-0.39, 0.29) is 5.92 Å². The summed E-state index contributed by atoms with van der Waals surface area (Å²) in [7, 11) is 0. The lowest BCUT2D eigenvalue weighted by molar-refractivity contribution is -0.121. The molecular formula is C11H15N3O. The van der Waals surface area contributed by atoms with Crippen molar-refractivity contribution in [3.8, 4) is 0 Å². The maximum atomic E-state index is 11.4. The second-order valence-corrected chi connectivity index (χ2v) is 4.71. The fourth-order valence-electron chi connectivity index (χ4n) is 2.32. The summed E-state index contributed by atoms with van der Waals surface area (Å²) in [6.45, 7) is 2.50. The zero-order valence-electron chi connectivity index (χ0n) is 8.94. The number of ketones is 1. The zero-order chi connectivity index (χ0) is 10.4. The molecule has 3 rings (SSSR count). The molecule has 0 aromatic carbocycles. The van der Waals surface area contributed by atoms with Gasteiger partial charge in [-0.2, -0.15) is 0 Å². The van der Waals surface area contributed by atoms with Crippen LogP contribution in [-0.4, -0.2) is 20.5 Å². The van der Waals surface area contributed by atoms with Crippen LogP contribution in [0.25, 0.3) is 0 Å². The van der Waals surface area contributed by atoms with Crippen molar-refractivity contribution in [1.82, 2.24) is 14.8 Å². The molecule has 1 atom stereocenters. The number of aromatic nitrogens is 3. The van der Waals surface area contributed by atoms with Crippen LogP contribution in [0.1, 0.15) is 43.8 Å². The Kier molecular flexibility index (Phi) is 1.90. The second kappa shape index (κ2) is 3.15. The highest BCUT2D eigenvalue weighted by Crippen LogP contribution is 2.40. The van der Waals surface area contributed by atoms with Gasteiger partial charge in [0.25, 0.3) is 0 Å². The van der Waals surface area contributed by atoms with Crippen LogP contribution in [0.5, 0.6) is 0 Å². The minimum Gasteiger partial charge on any atom is -0.314 e. The molecule has 15 heavy (non-hydrogen) atoms. The smallest absolute Gasteiger partial charge is 0.136 e. The molecule has 0 saturated heterocycles.